The van der Waals surface area contributed by atoms with Gasteiger partial charge in [0.1, 0.15) is 0 Å². The third-order valence-corrected chi connectivity index (χ3v) is 4.59. The van der Waals surface area contributed by atoms with Gasteiger partial charge in [-0.3, -0.25) is 14.4 Å². The Hall–Kier alpha value is -3.35. The molecule has 0 bridgehead atoms. The second-order valence-corrected chi connectivity index (χ2v) is 7.13. The van der Waals surface area contributed by atoms with E-state index in [4.69, 9.17) is 5.73 Å². The molecular formula is C23H30N4O3. The Morgan fingerprint density at radius 1 is 1.27 bits per heavy atom. The molecule has 0 saturated carbocycles. The van der Waals surface area contributed by atoms with Gasteiger partial charge >= 0.3 is 0 Å². The number of carbonyl (C=O) groups is 3. The number of carbonyl (C=O) groups excluding carboxylic acids is 3. The number of hydrogen-bond acceptors (Lipinski definition) is 4. The summed E-state index contributed by atoms with van der Waals surface area (Å²) in [6, 6.07) is 0. The molecule has 0 unspecified atom stereocenters. The average Bonchev–Trinajstić information content (AvgIpc) is 2.99. The van der Waals surface area contributed by atoms with Crippen molar-refractivity contribution in [3.63, 3.8) is 0 Å². The molecule has 0 spiro atoms. The van der Waals surface area contributed by atoms with Crippen LogP contribution in [-0.2, 0) is 14.4 Å². The van der Waals surface area contributed by atoms with Gasteiger partial charge in [-0.05, 0) is 38.0 Å². The Balaban J connectivity index is 2.05. The van der Waals surface area contributed by atoms with Crippen molar-refractivity contribution in [1.82, 2.24) is 15.5 Å². The fourth-order valence-electron chi connectivity index (χ4n) is 2.97. The van der Waals surface area contributed by atoms with Crippen molar-refractivity contribution >= 4 is 17.7 Å². The molecule has 7 heteroatoms. The third-order valence-electron chi connectivity index (χ3n) is 4.59. The largest absolute Gasteiger partial charge is 0.400 e. The first-order valence-corrected chi connectivity index (χ1v) is 10.2. The minimum Gasteiger partial charge on any atom is -0.400 e. The molecule has 0 aromatic rings. The molecule has 1 heterocycles. The van der Waals surface area contributed by atoms with E-state index in [1.165, 1.54) is 0 Å². The first kappa shape index (κ1) is 22.9. The first-order chi connectivity index (χ1) is 14.4. The Labute approximate surface area is 177 Å². The number of nitrogens with two attached hydrogens (primary N) is 1. The first-order valence-electron chi connectivity index (χ1n) is 10.2. The predicted octanol–water partition coefficient (Wildman–Crippen LogP) is 2.32. The van der Waals surface area contributed by atoms with Gasteiger partial charge in [-0.25, -0.2) is 0 Å². The smallest absolute Gasteiger partial charge is 0.255 e. The molecule has 0 atom stereocenters. The molecule has 7 nitrogen and oxygen atoms in total. The molecule has 3 amide bonds. The van der Waals surface area contributed by atoms with E-state index >= 15 is 0 Å². The molecule has 4 N–H and O–H groups in total. The molecule has 1 saturated heterocycles. The zero-order valence-electron chi connectivity index (χ0n) is 17.6. The molecule has 0 aromatic carbocycles. The highest BCUT2D eigenvalue weighted by Crippen LogP contribution is 2.10. The zero-order chi connectivity index (χ0) is 21.9. The van der Waals surface area contributed by atoms with E-state index < -0.39 is 0 Å². The van der Waals surface area contributed by atoms with E-state index in [-0.39, 0.29) is 24.3 Å². The summed E-state index contributed by atoms with van der Waals surface area (Å²) >= 11 is 0. The van der Waals surface area contributed by atoms with Crippen molar-refractivity contribution in [2.75, 3.05) is 13.1 Å². The van der Waals surface area contributed by atoms with Gasteiger partial charge in [0.05, 0.1) is 12.2 Å². The second-order valence-electron chi connectivity index (χ2n) is 7.13. The number of amides is 3. The number of likely N-dealkylation sites (tertiary alicyclic amines) is 1. The van der Waals surface area contributed by atoms with E-state index in [1.54, 1.807) is 36.1 Å². The fourth-order valence-corrected chi connectivity index (χ4v) is 2.97. The van der Waals surface area contributed by atoms with Crippen LogP contribution < -0.4 is 16.4 Å². The normalized spacial score (nSPS) is 17.7. The number of rotatable bonds is 8. The maximum atomic E-state index is 12.7. The van der Waals surface area contributed by atoms with Crippen LogP contribution in [0.4, 0.5) is 0 Å². The summed E-state index contributed by atoms with van der Waals surface area (Å²) in [5.74, 6) is -0.537. The van der Waals surface area contributed by atoms with E-state index in [0.29, 0.717) is 42.1 Å². The number of hydrogen-bond donors (Lipinski definition) is 3. The third kappa shape index (κ3) is 7.24. The summed E-state index contributed by atoms with van der Waals surface area (Å²) in [5, 5.41) is 5.60. The lowest BCUT2D eigenvalue weighted by Gasteiger charge is -2.15. The van der Waals surface area contributed by atoms with Crippen molar-refractivity contribution in [2.45, 2.75) is 39.5 Å². The highest BCUT2D eigenvalue weighted by molar-refractivity contribution is 5.97. The van der Waals surface area contributed by atoms with Crippen LogP contribution in [0.3, 0.4) is 0 Å². The zero-order valence-corrected chi connectivity index (χ0v) is 17.6. The SMILES string of the molecule is CC\C=C/C(=C\C=C(/C)NC(=O)CN1CCCC1=O)C(=O)NC1=C(N)CC=CC=C1. The van der Waals surface area contributed by atoms with Gasteiger partial charge in [0.25, 0.3) is 5.91 Å². The van der Waals surface area contributed by atoms with Crippen LogP contribution in [0.1, 0.15) is 39.5 Å². The molecule has 1 aliphatic heterocycles. The van der Waals surface area contributed by atoms with Crippen molar-refractivity contribution in [3.8, 4) is 0 Å². The summed E-state index contributed by atoms with van der Waals surface area (Å²) in [4.78, 5) is 38.1. The lowest BCUT2D eigenvalue weighted by molar-refractivity contribution is -0.132. The van der Waals surface area contributed by atoms with Crippen molar-refractivity contribution in [2.24, 2.45) is 5.73 Å². The van der Waals surface area contributed by atoms with Crippen LogP contribution in [0.2, 0.25) is 0 Å². The van der Waals surface area contributed by atoms with Gasteiger partial charge in [-0.2, -0.15) is 0 Å². The van der Waals surface area contributed by atoms with Crippen LogP contribution in [0, 0.1) is 0 Å². The monoisotopic (exact) mass is 410 g/mol. The molecule has 160 valence electrons. The Morgan fingerprint density at radius 3 is 2.77 bits per heavy atom. The number of nitrogens with zero attached hydrogens (tertiary/aromatic N) is 1. The van der Waals surface area contributed by atoms with E-state index in [2.05, 4.69) is 10.6 Å². The predicted molar refractivity (Wildman–Crippen MR) is 117 cm³/mol. The molecular weight excluding hydrogens is 380 g/mol. The van der Waals surface area contributed by atoms with Gasteiger partial charge in [0.2, 0.25) is 11.8 Å². The van der Waals surface area contributed by atoms with Gasteiger partial charge in [-0.15, -0.1) is 0 Å². The Bertz CT molecular complexity index is 860. The second kappa shape index (κ2) is 11.6. The molecule has 2 aliphatic rings. The molecule has 0 radical (unpaired) electrons. The summed E-state index contributed by atoms with van der Waals surface area (Å²) in [5.41, 5.74) is 8.20. The summed E-state index contributed by atoms with van der Waals surface area (Å²) in [6.45, 7) is 4.38. The lowest BCUT2D eigenvalue weighted by atomic mass is 10.1. The van der Waals surface area contributed by atoms with Crippen molar-refractivity contribution in [1.29, 1.82) is 0 Å². The topological polar surface area (TPSA) is 105 Å². The van der Waals surface area contributed by atoms with E-state index in [0.717, 1.165) is 12.8 Å². The Morgan fingerprint density at radius 2 is 2.07 bits per heavy atom. The summed E-state index contributed by atoms with van der Waals surface area (Å²) < 4.78 is 0. The maximum Gasteiger partial charge on any atom is 0.255 e. The highest BCUT2D eigenvalue weighted by atomic mass is 16.2. The van der Waals surface area contributed by atoms with Crippen molar-refractivity contribution in [3.05, 3.63) is 71.3 Å². The molecule has 1 fully saturated rings. The van der Waals surface area contributed by atoms with Gasteiger partial charge < -0.3 is 21.3 Å². The van der Waals surface area contributed by atoms with Crippen molar-refractivity contribution < 1.29 is 14.4 Å². The van der Waals surface area contributed by atoms with Crippen LogP contribution >= 0.6 is 0 Å². The quantitative estimate of drug-likeness (QED) is 0.422. The molecule has 1 aliphatic carbocycles. The van der Waals surface area contributed by atoms with Crippen LogP contribution in [-0.4, -0.2) is 35.7 Å². The number of allylic oxidation sites excluding steroid dienone is 8. The average molecular weight is 411 g/mol. The molecule has 2 rings (SSSR count). The van der Waals surface area contributed by atoms with Gasteiger partial charge in [-0.1, -0.05) is 37.3 Å². The summed E-state index contributed by atoms with van der Waals surface area (Å²) in [7, 11) is 0. The molecule has 0 aromatic heterocycles. The standard InChI is InChI=1S/C23H30N4O3/c1-3-4-9-18(23(30)26-20-11-7-5-6-10-19(20)24)14-13-17(2)25-21(28)16-27-15-8-12-22(27)29/h4-7,9,11,13-14H,3,8,10,12,15-16,24H2,1-2H3,(H,25,28)(H,26,30)/b9-4-,17-13+,18-14+. The lowest BCUT2D eigenvalue weighted by Crippen LogP contribution is -2.37. The highest BCUT2D eigenvalue weighted by Gasteiger charge is 2.22. The summed E-state index contributed by atoms with van der Waals surface area (Å²) in [6.07, 6.45) is 17.0. The van der Waals surface area contributed by atoms with E-state index in [1.807, 2.05) is 31.2 Å². The number of nitrogens with one attached hydrogen (secondary N) is 2. The minimum atomic E-state index is -0.290. The van der Waals surface area contributed by atoms with Gasteiger partial charge in [0.15, 0.2) is 0 Å². The minimum absolute atomic E-state index is 0.00618. The van der Waals surface area contributed by atoms with Crippen LogP contribution in [0.5, 0.6) is 0 Å². The Kier molecular flexibility index (Phi) is 8.87. The molecule has 30 heavy (non-hydrogen) atoms. The van der Waals surface area contributed by atoms with Gasteiger partial charge in [0, 0.05) is 36.4 Å². The van der Waals surface area contributed by atoms with Crippen LogP contribution in [0.15, 0.2) is 71.3 Å². The maximum absolute atomic E-state index is 12.7. The fraction of sp³-hybridized carbons (Fsp3) is 0.348. The van der Waals surface area contributed by atoms with E-state index in [9.17, 15) is 14.4 Å². The van der Waals surface area contributed by atoms with Crippen LogP contribution in [0.25, 0.3) is 0 Å².